The lowest BCUT2D eigenvalue weighted by Crippen LogP contribution is -2.40. The number of methoxy groups -OCH3 is 1. The first kappa shape index (κ1) is 17.9. The van der Waals surface area contributed by atoms with Gasteiger partial charge in [0.2, 0.25) is 0 Å². The van der Waals surface area contributed by atoms with E-state index in [4.69, 9.17) is 4.74 Å². The molecular weight excluding hydrogens is 346 g/mol. The van der Waals surface area contributed by atoms with E-state index in [0.717, 1.165) is 38.1 Å². The van der Waals surface area contributed by atoms with Crippen LogP contribution in [-0.4, -0.2) is 56.9 Å². The Morgan fingerprint density at radius 3 is 2.89 bits per heavy atom. The molecule has 1 aliphatic carbocycles. The summed E-state index contributed by atoms with van der Waals surface area (Å²) >= 11 is 0. The van der Waals surface area contributed by atoms with Crippen LogP contribution in [0.4, 0.5) is 0 Å². The molecule has 1 unspecified atom stereocenters. The zero-order valence-corrected chi connectivity index (χ0v) is 15.6. The van der Waals surface area contributed by atoms with Gasteiger partial charge in [-0.3, -0.25) is 14.3 Å². The van der Waals surface area contributed by atoms with Crippen molar-refractivity contribution in [1.82, 2.24) is 24.2 Å². The largest absolute Gasteiger partial charge is 0.383 e. The van der Waals surface area contributed by atoms with E-state index in [9.17, 15) is 9.59 Å². The fraction of sp³-hybridized carbons (Fsp3) is 0.579. The number of hydrogen-bond donors (Lipinski definition) is 0. The van der Waals surface area contributed by atoms with Gasteiger partial charge in [0.15, 0.2) is 0 Å². The van der Waals surface area contributed by atoms with E-state index in [0.29, 0.717) is 25.3 Å². The predicted molar refractivity (Wildman–Crippen MR) is 98.7 cm³/mol. The third-order valence-corrected chi connectivity index (χ3v) is 5.30. The number of aromatic nitrogens is 4. The normalized spacial score (nSPS) is 20.0. The van der Waals surface area contributed by atoms with Crippen molar-refractivity contribution >= 4 is 5.91 Å². The Balaban J connectivity index is 1.58. The number of piperidine rings is 1. The van der Waals surface area contributed by atoms with Gasteiger partial charge in [0, 0.05) is 44.6 Å². The zero-order chi connectivity index (χ0) is 18.8. The van der Waals surface area contributed by atoms with Crippen molar-refractivity contribution in [2.75, 3.05) is 26.8 Å². The van der Waals surface area contributed by atoms with Gasteiger partial charge in [-0.15, -0.1) is 0 Å². The predicted octanol–water partition coefficient (Wildman–Crippen LogP) is 1.44. The Hall–Kier alpha value is -2.48. The van der Waals surface area contributed by atoms with E-state index in [2.05, 4.69) is 10.1 Å². The highest BCUT2D eigenvalue weighted by Gasteiger charge is 2.35. The van der Waals surface area contributed by atoms with Crippen LogP contribution in [0.25, 0.3) is 0 Å². The van der Waals surface area contributed by atoms with Crippen molar-refractivity contribution in [1.29, 1.82) is 0 Å². The molecule has 27 heavy (non-hydrogen) atoms. The second-order valence-corrected chi connectivity index (χ2v) is 7.29. The van der Waals surface area contributed by atoms with Gasteiger partial charge in [-0.2, -0.15) is 5.10 Å². The molecule has 144 valence electrons. The summed E-state index contributed by atoms with van der Waals surface area (Å²) in [4.78, 5) is 31.5. The first-order chi connectivity index (χ1) is 13.2. The molecule has 0 N–H and O–H groups in total. The van der Waals surface area contributed by atoms with E-state index >= 15 is 0 Å². The van der Waals surface area contributed by atoms with Gasteiger partial charge in [0.1, 0.15) is 5.82 Å². The summed E-state index contributed by atoms with van der Waals surface area (Å²) in [5.41, 5.74) is 0.545. The Labute approximate surface area is 157 Å². The SMILES string of the molecule is COCCn1nc(C2CCCN(C(=O)c3cccnc3)C2)n(C2CC2)c1=O. The Morgan fingerprint density at radius 1 is 1.33 bits per heavy atom. The van der Waals surface area contributed by atoms with Crippen molar-refractivity contribution < 1.29 is 9.53 Å². The standard InChI is InChI=1S/C19H25N5O3/c1-27-11-10-23-19(26)24(16-6-7-16)17(21-23)15-5-3-9-22(13-15)18(25)14-4-2-8-20-12-14/h2,4,8,12,15-16H,3,5-7,9-11,13H2,1H3. The summed E-state index contributed by atoms with van der Waals surface area (Å²) < 4.78 is 8.47. The van der Waals surface area contributed by atoms with Crippen LogP contribution >= 0.6 is 0 Å². The first-order valence-corrected chi connectivity index (χ1v) is 9.56. The lowest BCUT2D eigenvalue weighted by molar-refractivity contribution is 0.0702. The highest BCUT2D eigenvalue weighted by atomic mass is 16.5. The minimum Gasteiger partial charge on any atom is -0.383 e. The maximum Gasteiger partial charge on any atom is 0.346 e. The fourth-order valence-corrected chi connectivity index (χ4v) is 3.76. The number of pyridine rings is 1. The number of likely N-dealkylation sites (tertiary alicyclic amines) is 1. The van der Waals surface area contributed by atoms with Gasteiger partial charge in [-0.1, -0.05) is 0 Å². The summed E-state index contributed by atoms with van der Waals surface area (Å²) in [6.45, 7) is 2.22. The number of rotatable bonds is 6. The zero-order valence-electron chi connectivity index (χ0n) is 15.6. The Bertz CT molecular complexity index is 856. The van der Waals surface area contributed by atoms with Crippen LogP contribution in [0.5, 0.6) is 0 Å². The van der Waals surface area contributed by atoms with E-state index in [-0.39, 0.29) is 23.6 Å². The molecule has 1 atom stereocenters. The van der Waals surface area contributed by atoms with Gasteiger partial charge >= 0.3 is 5.69 Å². The molecule has 8 nitrogen and oxygen atoms in total. The van der Waals surface area contributed by atoms with Crippen LogP contribution in [0.1, 0.15) is 53.8 Å². The molecule has 0 bridgehead atoms. The van der Waals surface area contributed by atoms with E-state index in [1.807, 2.05) is 9.47 Å². The Kier molecular flexibility index (Phi) is 5.07. The molecule has 2 aromatic heterocycles. The van der Waals surface area contributed by atoms with Crippen LogP contribution in [0.3, 0.4) is 0 Å². The molecule has 0 aromatic carbocycles. The first-order valence-electron chi connectivity index (χ1n) is 9.56. The number of amides is 1. The maximum atomic E-state index is 12.8. The third-order valence-electron chi connectivity index (χ3n) is 5.30. The minimum atomic E-state index is -0.0553. The summed E-state index contributed by atoms with van der Waals surface area (Å²) in [7, 11) is 1.62. The van der Waals surface area contributed by atoms with Crippen molar-refractivity contribution in [2.24, 2.45) is 0 Å². The van der Waals surface area contributed by atoms with E-state index in [1.54, 1.807) is 31.6 Å². The fourth-order valence-electron chi connectivity index (χ4n) is 3.76. The summed E-state index contributed by atoms with van der Waals surface area (Å²) in [6, 6.07) is 3.82. The molecule has 3 heterocycles. The van der Waals surface area contributed by atoms with Crippen LogP contribution in [-0.2, 0) is 11.3 Å². The van der Waals surface area contributed by atoms with Gasteiger partial charge < -0.3 is 9.64 Å². The number of nitrogens with zero attached hydrogens (tertiary/aromatic N) is 5. The van der Waals surface area contributed by atoms with Gasteiger partial charge in [0.25, 0.3) is 5.91 Å². The molecule has 0 spiro atoms. The van der Waals surface area contributed by atoms with Gasteiger partial charge in [0.05, 0.1) is 18.7 Å². The summed E-state index contributed by atoms with van der Waals surface area (Å²) in [5.74, 6) is 0.894. The molecule has 2 aliphatic rings. The second kappa shape index (κ2) is 7.64. The lowest BCUT2D eigenvalue weighted by Gasteiger charge is -2.32. The molecule has 0 radical (unpaired) electrons. The van der Waals surface area contributed by atoms with Crippen molar-refractivity contribution in [2.45, 2.75) is 44.2 Å². The maximum absolute atomic E-state index is 12.8. The van der Waals surface area contributed by atoms with Crippen LogP contribution in [0.2, 0.25) is 0 Å². The van der Waals surface area contributed by atoms with E-state index in [1.165, 1.54) is 4.68 Å². The molecule has 1 amide bonds. The van der Waals surface area contributed by atoms with Gasteiger partial charge in [-0.25, -0.2) is 9.48 Å². The monoisotopic (exact) mass is 371 g/mol. The van der Waals surface area contributed by atoms with Crippen LogP contribution < -0.4 is 5.69 Å². The third kappa shape index (κ3) is 3.66. The molecule has 1 aliphatic heterocycles. The van der Waals surface area contributed by atoms with Crippen molar-refractivity contribution in [3.63, 3.8) is 0 Å². The molecule has 8 heteroatoms. The smallest absolute Gasteiger partial charge is 0.346 e. The molecule has 1 saturated heterocycles. The number of carbonyl (C=O) groups excluding carboxylic acids is 1. The highest BCUT2D eigenvalue weighted by Crippen LogP contribution is 2.37. The summed E-state index contributed by atoms with van der Waals surface area (Å²) in [6.07, 6.45) is 7.15. The topological polar surface area (TPSA) is 82.2 Å². The molecule has 2 fully saturated rings. The van der Waals surface area contributed by atoms with Crippen LogP contribution in [0.15, 0.2) is 29.3 Å². The van der Waals surface area contributed by atoms with Gasteiger partial charge in [-0.05, 0) is 37.8 Å². The molecular formula is C19H25N5O3. The Morgan fingerprint density at radius 2 is 2.19 bits per heavy atom. The van der Waals surface area contributed by atoms with E-state index < -0.39 is 0 Å². The number of ether oxygens (including phenoxy) is 1. The number of carbonyl (C=O) groups is 1. The van der Waals surface area contributed by atoms with Crippen molar-refractivity contribution in [3.05, 3.63) is 46.4 Å². The highest BCUT2D eigenvalue weighted by molar-refractivity contribution is 5.93. The average molecular weight is 371 g/mol. The minimum absolute atomic E-state index is 0.00747. The number of hydrogen-bond acceptors (Lipinski definition) is 5. The molecule has 2 aromatic rings. The van der Waals surface area contributed by atoms with Crippen LogP contribution in [0, 0.1) is 0 Å². The second-order valence-electron chi connectivity index (χ2n) is 7.29. The molecule has 4 rings (SSSR count). The van der Waals surface area contributed by atoms with Crippen molar-refractivity contribution in [3.8, 4) is 0 Å². The quantitative estimate of drug-likeness (QED) is 0.767. The lowest BCUT2D eigenvalue weighted by atomic mass is 9.96. The average Bonchev–Trinajstić information content (AvgIpc) is 3.50. The summed E-state index contributed by atoms with van der Waals surface area (Å²) in [5, 5.41) is 4.64. The molecule has 1 saturated carbocycles.